The average molecular weight is 214 g/mol. The van der Waals surface area contributed by atoms with Gasteiger partial charge in [-0.25, -0.2) is 0 Å². The number of carbonyl (C=O) groups is 1. The van der Waals surface area contributed by atoms with Crippen molar-refractivity contribution in [1.29, 1.82) is 0 Å². The molecule has 0 fully saturated rings. The number of nitrogens with one attached hydrogen (secondary N) is 1. The Hall–Kier alpha value is -1.06. The Balaban J connectivity index is 0.000000980. The van der Waals surface area contributed by atoms with E-state index in [9.17, 15) is 4.79 Å². The van der Waals surface area contributed by atoms with Crippen molar-refractivity contribution < 1.29 is 9.53 Å². The first kappa shape index (κ1) is 11.0. The first-order chi connectivity index (χ1) is 6.27. The van der Waals surface area contributed by atoms with Crippen LogP contribution in [-0.4, -0.2) is 5.97 Å². The molecule has 3 nitrogen and oxygen atoms in total. The number of benzene rings is 1. The molecule has 0 radical (unpaired) electrons. The minimum absolute atomic E-state index is 0. The van der Waals surface area contributed by atoms with Gasteiger partial charge in [0.15, 0.2) is 6.23 Å². The Morgan fingerprint density at radius 2 is 2.21 bits per heavy atom. The van der Waals surface area contributed by atoms with Gasteiger partial charge in [0.05, 0.1) is 0 Å². The largest absolute Gasteiger partial charge is 0.442 e. The Kier molecular flexibility index (Phi) is 3.49. The quantitative estimate of drug-likeness (QED) is 0.723. The summed E-state index contributed by atoms with van der Waals surface area (Å²) in [5.74, 6) is -0.255. The van der Waals surface area contributed by atoms with Crippen molar-refractivity contribution in [3.05, 3.63) is 35.4 Å². The fourth-order valence-corrected chi connectivity index (χ4v) is 1.53. The van der Waals surface area contributed by atoms with E-state index in [1.165, 1.54) is 12.5 Å². The predicted octanol–water partition coefficient (Wildman–Crippen LogP) is 1.77. The molecule has 0 aromatic heterocycles. The molecule has 14 heavy (non-hydrogen) atoms. The second-order valence-corrected chi connectivity index (χ2v) is 3.07. The van der Waals surface area contributed by atoms with Gasteiger partial charge < -0.3 is 4.74 Å². The van der Waals surface area contributed by atoms with E-state index in [1.807, 2.05) is 24.3 Å². The summed E-state index contributed by atoms with van der Waals surface area (Å²) in [6, 6.07) is 7.94. The van der Waals surface area contributed by atoms with Gasteiger partial charge in [0, 0.05) is 19.0 Å². The SMILES string of the molecule is CC(=O)O[C@@H]1NCc2ccccc21.Cl. The standard InChI is InChI=1S/C10H11NO2.ClH/c1-7(12)13-10-9-5-3-2-4-8(9)6-11-10;/h2-5,10-11H,6H2,1H3;1H/t10-;/m0./s1. The molecule has 0 spiro atoms. The summed E-state index contributed by atoms with van der Waals surface area (Å²) in [4.78, 5) is 10.7. The van der Waals surface area contributed by atoms with Crippen LogP contribution in [0.25, 0.3) is 0 Å². The van der Waals surface area contributed by atoms with Crippen LogP contribution in [0.5, 0.6) is 0 Å². The summed E-state index contributed by atoms with van der Waals surface area (Å²) in [5, 5.41) is 3.11. The molecule has 0 amide bonds. The minimum Gasteiger partial charge on any atom is -0.442 e. The lowest BCUT2D eigenvalue weighted by molar-refractivity contribution is -0.147. The summed E-state index contributed by atoms with van der Waals surface area (Å²) < 4.78 is 5.09. The summed E-state index contributed by atoms with van der Waals surface area (Å²) in [5.41, 5.74) is 2.27. The van der Waals surface area contributed by atoms with Gasteiger partial charge in [-0.15, -0.1) is 12.4 Å². The van der Waals surface area contributed by atoms with Gasteiger partial charge in [0.2, 0.25) is 0 Å². The number of fused-ring (bicyclic) bond motifs is 1. The molecule has 4 heteroatoms. The van der Waals surface area contributed by atoms with Crippen molar-refractivity contribution in [2.75, 3.05) is 0 Å². The molecule has 1 heterocycles. The molecular formula is C10H12ClNO2. The van der Waals surface area contributed by atoms with Gasteiger partial charge in [-0.05, 0) is 5.56 Å². The second kappa shape index (κ2) is 4.44. The van der Waals surface area contributed by atoms with E-state index in [-0.39, 0.29) is 24.6 Å². The van der Waals surface area contributed by atoms with Crippen LogP contribution < -0.4 is 5.32 Å². The van der Waals surface area contributed by atoms with Gasteiger partial charge in [0.1, 0.15) is 0 Å². The predicted molar refractivity (Wildman–Crippen MR) is 55.0 cm³/mol. The van der Waals surface area contributed by atoms with Crippen LogP contribution in [0.1, 0.15) is 24.3 Å². The molecule has 1 aromatic carbocycles. The maximum atomic E-state index is 10.7. The highest BCUT2D eigenvalue weighted by Gasteiger charge is 2.22. The summed E-state index contributed by atoms with van der Waals surface area (Å²) in [6.45, 7) is 2.19. The number of carbonyl (C=O) groups excluding carboxylic acids is 1. The lowest BCUT2D eigenvalue weighted by Gasteiger charge is -2.11. The van der Waals surface area contributed by atoms with Crippen molar-refractivity contribution >= 4 is 18.4 Å². The van der Waals surface area contributed by atoms with Crippen molar-refractivity contribution in [3.63, 3.8) is 0 Å². The second-order valence-electron chi connectivity index (χ2n) is 3.07. The van der Waals surface area contributed by atoms with Crippen LogP contribution in [0, 0.1) is 0 Å². The Morgan fingerprint density at radius 3 is 2.93 bits per heavy atom. The van der Waals surface area contributed by atoms with E-state index in [4.69, 9.17) is 4.74 Å². The molecule has 76 valence electrons. The Morgan fingerprint density at radius 1 is 1.50 bits per heavy atom. The van der Waals surface area contributed by atoms with Crippen LogP contribution in [-0.2, 0) is 16.1 Å². The number of halogens is 1. The highest BCUT2D eigenvalue weighted by atomic mass is 35.5. The fraction of sp³-hybridized carbons (Fsp3) is 0.300. The molecule has 1 aliphatic heterocycles. The topological polar surface area (TPSA) is 38.3 Å². The average Bonchev–Trinajstić information content (AvgIpc) is 2.48. The first-order valence-corrected chi connectivity index (χ1v) is 4.26. The van der Waals surface area contributed by atoms with Crippen LogP contribution in [0.4, 0.5) is 0 Å². The normalized spacial score (nSPS) is 18.2. The molecule has 1 N–H and O–H groups in total. The molecule has 0 saturated carbocycles. The zero-order valence-electron chi connectivity index (χ0n) is 7.82. The van der Waals surface area contributed by atoms with Crippen LogP contribution in [0.3, 0.4) is 0 Å². The lowest BCUT2D eigenvalue weighted by atomic mass is 10.1. The first-order valence-electron chi connectivity index (χ1n) is 4.26. The summed E-state index contributed by atoms with van der Waals surface area (Å²) in [6.07, 6.45) is -0.256. The maximum Gasteiger partial charge on any atom is 0.304 e. The third-order valence-corrected chi connectivity index (χ3v) is 2.10. The molecule has 0 unspecified atom stereocenters. The number of esters is 1. The Labute approximate surface area is 88.9 Å². The molecule has 0 aliphatic carbocycles. The molecule has 0 bridgehead atoms. The number of rotatable bonds is 1. The lowest BCUT2D eigenvalue weighted by Crippen LogP contribution is -2.17. The van der Waals surface area contributed by atoms with Crippen molar-refractivity contribution in [2.45, 2.75) is 19.7 Å². The number of hydrogen-bond acceptors (Lipinski definition) is 3. The monoisotopic (exact) mass is 213 g/mol. The van der Waals surface area contributed by atoms with E-state index in [0.29, 0.717) is 0 Å². The molecular weight excluding hydrogens is 202 g/mol. The fourth-order valence-electron chi connectivity index (χ4n) is 1.53. The molecule has 1 aromatic rings. The Bertz CT molecular complexity index is 341. The third-order valence-electron chi connectivity index (χ3n) is 2.10. The minimum atomic E-state index is -0.256. The third kappa shape index (κ3) is 2.05. The molecule has 0 saturated heterocycles. The van der Waals surface area contributed by atoms with Gasteiger partial charge in [-0.3, -0.25) is 10.1 Å². The highest BCUT2D eigenvalue weighted by Crippen LogP contribution is 2.25. The van der Waals surface area contributed by atoms with E-state index >= 15 is 0 Å². The molecule has 1 aliphatic rings. The zero-order chi connectivity index (χ0) is 9.26. The van der Waals surface area contributed by atoms with E-state index < -0.39 is 0 Å². The number of ether oxygens (including phenoxy) is 1. The molecule has 2 rings (SSSR count). The number of hydrogen-bond donors (Lipinski definition) is 1. The van der Waals surface area contributed by atoms with Crippen LogP contribution in [0.15, 0.2) is 24.3 Å². The summed E-state index contributed by atoms with van der Waals surface area (Å²) in [7, 11) is 0. The molecule has 1 atom stereocenters. The highest BCUT2D eigenvalue weighted by molar-refractivity contribution is 5.85. The van der Waals surface area contributed by atoms with Crippen molar-refractivity contribution in [1.82, 2.24) is 5.32 Å². The van der Waals surface area contributed by atoms with Crippen molar-refractivity contribution in [3.8, 4) is 0 Å². The maximum absolute atomic E-state index is 10.7. The van der Waals surface area contributed by atoms with Crippen LogP contribution >= 0.6 is 12.4 Å². The van der Waals surface area contributed by atoms with E-state index in [1.54, 1.807) is 0 Å². The van der Waals surface area contributed by atoms with E-state index in [0.717, 1.165) is 12.1 Å². The smallest absolute Gasteiger partial charge is 0.304 e. The van der Waals surface area contributed by atoms with Crippen LogP contribution in [0.2, 0.25) is 0 Å². The van der Waals surface area contributed by atoms with Gasteiger partial charge in [-0.1, -0.05) is 24.3 Å². The van der Waals surface area contributed by atoms with Gasteiger partial charge in [-0.2, -0.15) is 0 Å². The van der Waals surface area contributed by atoms with E-state index in [2.05, 4.69) is 5.32 Å². The van der Waals surface area contributed by atoms with Gasteiger partial charge in [0.25, 0.3) is 0 Å². The zero-order valence-corrected chi connectivity index (χ0v) is 8.64. The summed E-state index contributed by atoms with van der Waals surface area (Å²) >= 11 is 0. The van der Waals surface area contributed by atoms with Crippen molar-refractivity contribution in [2.24, 2.45) is 0 Å². The van der Waals surface area contributed by atoms with Gasteiger partial charge >= 0.3 is 5.97 Å².